The minimum atomic E-state index is -0.122. The summed E-state index contributed by atoms with van der Waals surface area (Å²) in [5.74, 6) is 0.215. The SMILES string of the molecule is O=C(Nc1cccc(Sc2ccc(Cl)cc2)c1)N1CC(CO)C1. The first-order chi connectivity index (χ1) is 11.1. The van der Waals surface area contributed by atoms with Crippen LogP contribution in [-0.2, 0) is 0 Å². The van der Waals surface area contributed by atoms with Gasteiger partial charge >= 0.3 is 6.03 Å². The molecule has 0 aliphatic carbocycles. The minimum Gasteiger partial charge on any atom is -0.396 e. The summed E-state index contributed by atoms with van der Waals surface area (Å²) in [5.41, 5.74) is 0.765. The fourth-order valence-electron chi connectivity index (χ4n) is 2.33. The summed E-state index contributed by atoms with van der Waals surface area (Å²) in [7, 11) is 0. The Hall–Kier alpha value is -1.69. The minimum absolute atomic E-state index is 0.122. The molecule has 1 heterocycles. The van der Waals surface area contributed by atoms with Crippen LogP contribution in [0.25, 0.3) is 0 Å². The summed E-state index contributed by atoms with van der Waals surface area (Å²) in [4.78, 5) is 15.9. The van der Waals surface area contributed by atoms with Crippen LogP contribution >= 0.6 is 23.4 Å². The van der Waals surface area contributed by atoms with E-state index in [9.17, 15) is 4.79 Å². The van der Waals surface area contributed by atoms with Crippen molar-refractivity contribution in [2.75, 3.05) is 25.0 Å². The molecule has 0 aromatic heterocycles. The first-order valence-electron chi connectivity index (χ1n) is 7.34. The summed E-state index contributed by atoms with van der Waals surface area (Å²) in [6, 6.07) is 15.3. The van der Waals surface area contributed by atoms with Crippen LogP contribution < -0.4 is 5.32 Å². The van der Waals surface area contributed by atoms with Crippen LogP contribution in [0.15, 0.2) is 58.3 Å². The number of nitrogens with one attached hydrogen (secondary N) is 1. The zero-order chi connectivity index (χ0) is 16.2. The van der Waals surface area contributed by atoms with Crippen LogP contribution in [-0.4, -0.2) is 35.7 Å². The molecule has 4 nitrogen and oxygen atoms in total. The predicted molar refractivity (Wildman–Crippen MR) is 93.2 cm³/mol. The Morgan fingerprint density at radius 1 is 1.22 bits per heavy atom. The van der Waals surface area contributed by atoms with E-state index in [1.54, 1.807) is 16.7 Å². The van der Waals surface area contributed by atoms with Crippen molar-refractivity contribution in [1.82, 2.24) is 4.90 Å². The Bertz CT molecular complexity index is 687. The van der Waals surface area contributed by atoms with Gasteiger partial charge in [-0.25, -0.2) is 4.79 Å². The lowest BCUT2D eigenvalue weighted by molar-refractivity contribution is 0.0838. The van der Waals surface area contributed by atoms with E-state index in [2.05, 4.69) is 5.32 Å². The number of hydrogen-bond acceptors (Lipinski definition) is 3. The molecule has 2 N–H and O–H groups in total. The number of carbonyl (C=O) groups excluding carboxylic acids is 1. The molecule has 2 amide bonds. The second-order valence-electron chi connectivity index (χ2n) is 5.47. The van der Waals surface area contributed by atoms with Crippen molar-refractivity contribution >= 4 is 35.1 Å². The Morgan fingerprint density at radius 3 is 2.65 bits per heavy atom. The number of rotatable bonds is 4. The molecule has 1 aliphatic heterocycles. The van der Waals surface area contributed by atoms with E-state index in [0.717, 1.165) is 15.5 Å². The van der Waals surface area contributed by atoms with Gasteiger partial charge in [0.1, 0.15) is 0 Å². The quantitative estimate of drug-likeness (QED) is 0.879. The number of anilines is 1. The first-order valence-corrected chi connectivity index (χ1v) is 8.54. The van der Waals surface area contributed by atoms with Crippen LogP contribution in [0, 0.1) is 5.92 Å². The number of urea groups is 1. The number of carbonyl (C=O) groups is 1. The summed E-state index contributed by atoms with van der Waals surface area (Å²) >= 11 is 7.50. The molecular weight excluding hydrogens is 332 g/mol. The molecule has 23 heavy (non-hydrogen) atoms. The molecule has 0 bridgehead atoms. The molecule has 0 radical (unpaired) electrons. The van der Waals surface area contributed by atoms with Gasteiger partial charge in [0.2, 0.25) is 0 Å². The van der Waals surface area contributed by atoms with Crippen LogP contribution in [0.3, 0.4) is 0 Å². The number of hydrogen-bond donors (Lipinski definition) is 2. The Morgan fingerprint density at radius 2 is 1.96 bits per heavy atom. The third-order valence-electron chi connectivity index (χ3n) is 3.64. The van der Waals surface area contributed by atoms with Gasteiger partial charge in [-0.15, -0.1) is 0 Å². The molecule has 1 fully saturated rings. The van der Waals surface area contributed by atoms with Crippen LogP contribution in [0.4, 0.5) is 10.5 Å². The third-order valence-corrected chi connectivity index (χ3v) is 4.89. The molecule has 3 rings (SSSR count). The van der Waals surface area contributed by atoms with E-state index >= 15 is 0 Å². The Balaban J connectivity index is 1.61. The second kappa shape index (κ2) is 7.25. The van der Waals surface area contributed by atoms with Gasteiger partial charge in [0.05, 0.1) is 0 Å². The standard InChI is InChI=1S/C17H17ClN2O2S/c18-13-4-6-15(7-5-13)23-16-3-1-2-14(8-16)19-17(22)20-9-12(10-20)11-21/h1-8,12,21H,9-11H2,(H,19,22). The number of amides is 2. The smallest absolute Gasteiger partial charge is 0.321 e. The maximum atomic E-state index is 12.1. The Kier molecular flexibility index (Phi) is 5.10. The number of aliphatic hydroxyl groups excluding tert-OH is 1. The predicted octanol–water partition coefficient (Wildman–Crippen LogP) is 3.95. The van der Waals surface area contributed by atoms with E-state index < -0.39 is 0 Å². The maximum absolute atomic E-state index is 12.1. The highest BCUT2D eigenvalue weighted by Crippen LogP contribution is 2.30. The number of nitrogens with zero attached hydrogens (tertiary/aromatic N) is 1. The third kappa shape index (κ3) is 4.19. The van der Waals surface area contributed by atoms with Crippen molar-refractivity contribution in [3.63, 3.8) is 0 Å². The zero-order valence-electron chi connectivity index (χ0n) is 12.4. The topological polar surface area (TPSA) is 52.6 Å². The van der Waals surface area contributed by atoms with Crippen molar-refractivity contribution in [3.8, 4) is 0 Å². The van der Waals surface area contributed by atoms with E-state index in [-0.39, 0.29) is 18.6 Å². The fraction of sp³-hybridized carbons (Fsp3) is 0.235. The van der Waals surface area contributed by atoms with Gasteiger partial charge in [0, 0.05) is 46.1 Å². The molecule has 120 valence electrons. The summed E-state index contributed by atoms with van der Waals surface area (Å²) < 4.78 is 0. The number of benzene rings is 2. The lowest BCUT2D eigenvalue weighted by Crippen LogP contribution is -2.52. The average molecular weight is 349 g/mol. The van der Waals surface area contributed by atoms with Crippen molar-refractivity contribution in [3.05, 3.63) is 53.6 Å². The van der Waals surface area contributed by atoms with Crippen LogP contribution in [0.5, 0.6) is 0 Å². The molecule has 0 atom stereocenters. The van der Waals surface area contributed by atoms with Crippen molar-refractivity contribution in [1.29, 1.82) is 0 Å². The summed E-state index contributed by atoms with van der Waals surface area (Å²) in [6.45, 7) is 1.36. The Labute approximate surface area is 144 Å². The molecule has 0 saturated carbocycles. The highest BCUT2D eigenvalue weighted by Gasteiger charge is 2.29. The van der Waals surface area contributed by atoms with E-state index in [0.29, 0.717) is 18.1 Å². The zero-order valence-corrected chi connectivity index (χ0v) is 14.0. The van der Waals surface area contributed by atoms with Gasteiger partial charge in [0.15, 0.2) is 0 Å². The van der Waals surface area contributed by atoms with Gasteiger partial charge < -0.3 is 15.3 Å². The monoisotopic (exact) mass is 348 g/mol. The molecule has 1 saturated heterocycles. The van der Waals surface area contributed by atoms with Crippen LogP contribution in [0.2, 0.25) is 5.02 Å². The molecule has 0 unspecified atom stereocenters. The van der Waals surface area contributed by atoms with Gasteiger partial charge in [-0.3, -0.25) is 0 Å². The molecular formula is C17H17ClN2O2S. The number of halogens is 1. The van der Waals surface area contributed by atoms with Crippen LogP contribution in [0.1, 0.15) is 0 Å². The highest BCUT2D eigenvalue weighted by molar-refractivity contribution is 7.99. The van der Waals surface area contributed by atoms with Gasteiger partial charge in [-0.05, 0) is 42.5 Å². The van der Waals surface area contributed by atoms with Gasteiger partial charge in [-0.1, -0.05) is 29.4 Å². The van der Waals surface area contributed by atoms with Gasteiger partial charge in [-0.2, -0.15) is 0 Å². The van der Waals surface area contributed by atoms with Crippen molar-refractivity contribution < 1.29 is 9.90 Å². The molecule has 1 aliphatic rings. The summed E-state index contributed by atoms with van der Waals surface area (Å²) in [6.07, 6.45) is 0. The lowest BCUT2D eigenvalue weighted by Gasteiger charge is -2.38. The van der Waals surface area contributed by atoms with E-state index in [4.69, 9.17) is 16.7 Å². The van der Waals surface area contributed by atoms with Gasteiger partial charge in [0.25, 0.3) is 0 Å². The lowest BCUT2D eigenvalue weighted by atomic mass is 10.0. The highest BCUT2D eigenvalue weighted by atomic mass is 35.5. The van der Waals surface area contributed by atoms with E-state index in [1.807, 2.05) is 48.5 Å². The first kappa shape index (κ1) is 16.2. The normalized spacial score (nSPS) is 14.4. The molecule has 2 aromatic carbocycles. The molecule has 6 heteroatoms. The number of aliphatic hydroxyl groups is 1. The largest absolute Gasteiger partial charge is 0.396 e. The number of likely N-dealkylation sites (tertiary alicyclic amines) is 1. The van der Waals surface area contributed by atoms with Crippen molar-refractivity contribution in [2.24, 2.45) is 5.92 Å². The van der Waals surface area contributed by atoms with E-state index in [1.165, 1.54) is 0 Å². The maximum Gasteiger partial charge on any atom is 0.321 e. The summed E-state index contributed by atoms with van der Waals surface area (Å²) in [5, 5.41) is 12.6. The van der Waals surface area contributed by atoms with Crippen molar-refractivity contribution in [2.45, 2.75) is 9.79 Å². The molecule has 2 aromatic rings. The molecule has 0 spiro atoms. The average Bonchev–Trinajstić information content (AvgIpc) is 2.49. The fourth-order valence-corrected chi connectivity index (χ4v) is 3.33. The second-order valence-corrected chi connectivity index (χ2v) is 7.05.